The molecule has 0 bridgehead atoms. The molecule has 1 fully saturated rings. The van der Waals surface area contributed by atoms with E-state index in [0.717, 1.165) is 34.0 Å². The number of amides is 2. The van der Waals surface area contributed by atoms with E-state index in [1.54, 1.807) is 11.8 Å². The minimum Gasteiger partial charge on any atom is -0.462 e. The fourth-order valence-electron chi connectivity index (χ4n) is 4.54. The summed E-state index contributed by atoms with van der Waals surface area (Å²) < 4.78 is 5.63. The average Bonchev–Trinajstić information content (AvgIpc) is 3.35. The van der Waals surface area contributed by atoms with Crippen LogP contribution in [0.1, 0.15) is 54.7 Å². The van der Waals surface area contributed by atoms with Crippen LogP contribution in [0.15, 0.2) is 28.2 Å². The molecule has 1 saturated heterocycles. The number of nitrogens with one attached hydrogen (secondary N) is 1. The Hall–Kier alpha value is -3.15. The van der Waals surface area contributed by atoms with Crippen molar-refractivity contribution in [1.29, 1.82) is 5.26 Å². The van der Waals surface area contributed by atoms with Crippen LogP contribution in [0, 0.1) is 18.3 Å². The van der Waals surface area contributed by atoms with Crippen molar-refractivity contribution in [2.24, 2.45) is 0 Å². The third kappa shape index (κ3) is 5.16. The Morgan fingerprint density at radius 3 is 2.59 bits per heavy atom. The maximum Gasteiger partial charge on any atom is 0.239 e. The number of piperazine rings is 1. The van der Waals surface area contributed by atoms with Crippen molar-refractivity contribution >= 4 is 40.3 Å². The number of carbonyl (C=O) groups is 2. The number of allylic oxidation sites excluding steroid dienone is 2. The highest BCUT2D eigenvalue weighted by Crippen LogP contribution is 2.47. The Morgan fingerprint density at radius 1 is 1.24 bits per heavy atom. The second kappa shape index (κ2) is 9.61. The molecule has 0 saturated carbocycles. The number of furan rings is 1. The van der Waals surface area contributed by atoms with Gasteiger partial charge in [0.1, 0.15) is 22.6 Å². The van der Waals surface area contributed by atoms with Gasteiger partial charge in [-0.3, -0.25) is 14.5 Å². The molecule has 0 radical (unpaired) electrons. The molecule has 178 valence electrons. The van der Waals surface area contributed by atoms with Gasteiger partial charge in [-0.25, -0.2) is 0 Å². The van der Waals surface area contributed by atoms with E-state index >= 15 is 0 Å². The van der Waals surface area contributed by atoms with Gasteiger partial charge in [-0.15, -0.1) is 11.3 Å². The quantitative estimate of drug-likeness (QED) is 0.688. The van der Waals surface area contributed by atoms with Gasteiger partial charge < -0.3 is 14.6 Å². The molecule has 0 spiro atoms. The van der Waals surface area contributed by atoms with E-state index in [9.17, 15) is 14.9 Å². The summed E-state index contributed by atoms with van der Waals surface area (Å²) in [5.41, 5.74) is 2.36. The summed E-state index contributed by atoms with van der Waals surface area (Å²) in [6.45, 7) is 10.7. The van der Waals surface area contributed by atoms with Crippen LogP contribution in [0.2, 0.25) is 0 Å². The highest BCUT2D eigenvalue weighted by molar-refractivity contribution is 7.17. The van der Waals surface area contributed by atoms with E-state index in [4.69, 9.17) is 4.42 Å². The molecular weight excluding hydrogens is 448 g/mol. The first-order valence-corrected chi connectivity index (χ1v) is 12.3. The van der Waals surface area contributed by atoms with Crippen molar-refractivity contribution in [2.75, 3.05) is 38.0 Å². The van der Waals surface area contributed by atoms with E-state index in [2.05, 4.69) is 31.3 Å². The third-order valence-electron chi connectivity index (χ3n) is 6.31. The maximum atomic E-state index is 12.8. The predicted octanol–water partition coefficient (Wildman–Crippen LogP) is 4.40. The molecule has 7 nitrogen and oxygen atoms in total. The number of rotatable bonds is 5. The van der Waals surface area contributed by atoms with Gasteiger partial charge in [0.05, 0.1) is 12.1 Å². The molecule has 2 aromatic heterocycles. The molecule has 1 N–H and O–H groups in total. The Morgan fingerprint density at radius 2 is 1.97 bits per heavy atom. The van der Waals surface area contributed by atoms with Crippen molar-refractivity contribution in [3.63, 3.8) is 0 Å². The SMILES string of the molecule is CC(=O)N1CCN(CC(=O)Nc2sc3c(c2C#N)C=C(/C=C\c2ccc(C)o2)CC3(C)C)CC1. The first-order chi connectivity index (χ1) is 16.2. The minimum absolute atomic E-state index is 0.0658. The van der Waals surface area contributed by atoms with Gasteiger partial charge in [0, 0.05) is 49.0 Å². The lowest BCUT2D eigenvalue weighted by atomic mass is 9.77. The molecule has 0 unspecified atom stereocenters. The van der Waals surface area contributed by atoms with Crippen molar-refractivity contribution in [1.82, 2.24) is 9.80 Å². The van der Waals surface area contributed by atoms with Crippen LogP contribution in [-0.4, -0.2) is 54.3 Å². The van der Waals surface area contributed by atoms with Gasteiger partial charge in [-0.05, 0) is 43.2 Å². The van der Waals surface area contributed by atoms with E-state index < -0.39 is 0 Å². The normalized spacial score (nSPS) is 17.9. The van der Waals surface area contributed by atoms with Gasteiger partial charge in [-0.2, -0.15) is 5.26 Å². The predicted molar refractivity (Wildman–Crippen MR) is 134 cm³/mol. The second-order valence-corrected chi connectivity index (χ2v) is 10.6. The first-order valence-electron chi connectivity index (χ1n) is 11.5. The molecule has 8 heteroatoms. The lowest BCUT2D eigenvalue weighted by Crippen LogP contribution is -2.49. The highest BCUT2D eigenvalue weighted by Gasteiger charge is 2.33. The van der Waals surface area contributed by atoms with Gasteiger partial charge in [0.15, 0.2) is 0 Å². The molecule has 2 aromatic rings. The number of aryl methyl sites for hydroxylation is 1. The van der Waals surface area contributed by atoms with Crippen LogP contribution in [0.5, 0.6) is 0 Å². The molecule has 2 aliphatic rings. The zero-order chi connectivity index (χ0) is 24.5. The molecule has 0 aromatic carbocycles. The number of nitrogens with zero attached hydrogens (tertiary/aromatic N) is 3. The summed E-state index contributed by atoms with van der Waals surface area (Å²) in [6, 6.07) is 6.18. The topological polar surface area (TPSA) is 89.6 Å². The fourth-order valence-corrected chi connectivity index (χ4v) is 5.79. The van der Waals surface area contributed by atoms with Crippen LogP contribution in [0.25, 0.3) is 12.2 Å². The van der Waals surface area contributed by atoms with Gasteiger partial charge in [0.2, 0.25) is 11.8 Å². The lowest BCUT2D eigenvalue weighted by molar-refractivity contribution is -0.130. The number of hydrogen-bond acceptors (Lipinski definition) is 6. The van der Waals surface area contributed by atoms with Crippen molar-refractivity contribution < 1.29 is 14.0 Å². The van der Waals surface area contributed by atoms with Crippen molar-refractivity contribution in [3.05, 3.63) is 51.3 Å². The Labute approximate surface area is 204 Å². The number of nitriles is 1. The van der Waals surface area contributed by atoms with Crippen LogP contribution in [0.4, 0.5) is 5.00 Å². The van der Waals surface area contributed by atoms with Gasteiger partial charge in [-0.1, -0.05) is 19.9 Å². The molecular formula is C26H30N4O3S. The second-order valence-electron chi connectivity index (χ2n) is 9.55. The smallest absolute Gasteiger partial charge is 0.239 e. The van der Waals surface area contributed by atoms with E-state index in [1.807, 2.05) is 36.1 Å². The molecule has 2 amide bonds. The summed E-state index contributed by atoms with van der Waals surface area (Å²) >= 11 is 1.49. The zero-order valence-electron chi connectivity index (χ0n) is 20.1. The average molecular weight is 479 g/mol. The van der Waals surface area contributed by atoms with Crippen molar-refractivity contribution in [3.8, 4) is 6.07 Å². The Bertz CT molecular complexity index is 1200. The number of fused-ring (bicyclic) bond motifs is 1. The molecule has 1 aliphatic carbocycles. The summed E-state index contributed by atoms with van der Waals surface area (Å²) in [5, 5.41) is 13.5. The van der Waals surface area contributed by atoms with Gasteiger partial charge in [0.25, 0.3) is 0 Å². The third-order valence-corrected chi connectivity index (χ3v) is 7.79. The fraction of sp³-hybridized carbons (Fsp3) is 0.423. The van der Waals surface area contributed by atoms with E-state index in [-0.39, 0.29) is 23.8 Å². The molecule has 4 rings (SSSR count). The summed E-state index contributed by atoms with van der Waals surface area (Å²) in [5.74, 6) is 1.59. The lowest BCUT2D eigenvalue weighted by Gasteiger charge is -2.33. The number of anilines is 1. The summed E-state index contributed by atoms with van der Waals surface area (Å²) in [6.07, 6.45) is 6.88. The molecule has 34 heavy (non-hydrogen) atoms. The monoisotopic (exact) mass is 478 g/mol. The molecule has 0 atom stereocenters. The largest absolute Gasteiger partial charge is 0.462 e. The van der Waals surface area contributed by atoms with Crippen molar-refractivity contribution in [2.45, 2.75) is 39.5 Å². The number of thiophene rings is 1. The number of carbonyl (C=O) groups excluding carboxylic acids is 2. The van der Waals surface area contributed by atoms with Crippen LogP contribution >= 0.6 is 11.3 Å². The Kier molecular flexibility index (Phi) is 6.78. The van der Waals surface area contributed by atoms with E-state index in [0.29, 0.717) is 36.7 Å². The molecule has 1 aliphatic heterocycles. The van der Waals surface area contributed by atoms with Crippen LogP contribution < -0.4 is 5.32 Å². The van der Waals surface area contributed by atoms with Crippen LogP contribution in [0.3, 0.4) is 0 Å². The highest BCUT2D eigenvalue weighted by atomic mass is 32.1. The summed E-state index contributed by atoms with van der Waals surface area (Å²) in [7, 11) is 0. The zero-order valence-corrected chi connectivity index (χ0v) is 20.9. The van der Waals surface area contributed by atoms with Crippen LogP contribution in [-0.2, 0) is 15.0 Å². The minimum atomic E-state index is -0.162. The molecule has 3 heterocycles. The first kappa shape index (κ1) is 24.0. The maximum absolute atomic E-state index is 12.8. The van der Waals surface area contributed by atoms with E-state index in [1.165, 1.54) is 11.3 Å². The standard InChI is InChI=1S/C26H30N4O3S/c1-17-5-7-20(33-17)8-6-19-13-21-22(15-27)25(34-24(21)26(3,4)14-19)28-23(32)16-29-9-11-30(12-10-29)18(2)31/h5-8,13H,9-12,14,16H2,1-4H3,(H,28,32)/b8-6-. The van der Waals surface area contributed by atoms with Gasteiger partial charge >= 0.3 is 0 Å². The Balaban J connectivity index is 1.50. The summed E-state index contributed by atoms with van der Waals surface area (Å²) in [4.78, 5) is 29.2. The number of hydrogen-bond donors (Lipinski definition) is 1.